The number of allylic oxidation sites excluding steroid dienone is 2. The number of nitrogens with zero attached hydrogens (tertiary/aromatic N) is 2. The first-order valence-electron chi connectivity index (χ1n) is 7.85. The van der Waals surface area contributed by atoms with Crippen molar-refractivity contribution in [2.24, 2.45) is 17.4 Å². The van der Waals surface area contributed by atoms with Crippen molar-refractivity contribution in [1.29, 1.82) is 0 Å². The molecule has 0 aromatic carbocycles. The molecule has 4 unspecified atom stereocenters. The number of hydrogen-bond acceptors (Lipinski definition) is 8. The molecule has 2 heterocycles. The molecule has 4 atom stereocenters. The van der Waals surface area contributed by atoms with Gasteiger partial charge in [0, 0.05) is 24.7 Å². The van der Waals surface area contributed by atoms with Crippen LogP contribution in [0.5, 0.6) is 0 Å². The van der Waals surface area contributed by atoms with Crippen LogP contribution in [0.3, 0.4) is 0 Å². The number of amides is 1. The highest BCUT2D eigenvalue weighted by molar-refractivity contribution is 6.26. The molecule has 2 aliphatic heterocycles. The van der Waals surface area contributed by atoms with Crippen LogP contribution in [-0.2, 0) is 19.1 Å². The van der Waals surface area contributed by atoms with Gasteiger partial charge < -0.3 is 21.1 Å². The molecular weight excluding hydrogens is 328 g/mol. The summed E-state index contributed by atoms with van der Waals surface area (Å²) in [5.74, 6) is -2.32. The highest BCUT2D eigenvalue weighted by Gasteiger charge is 2.56. The summed E-state index contributed by atoms with van der Waals surface area (Å²) in [5.41, 5.74) is 10.9. The van der Waals surface area contributed by atoms with Gasteiger partial charge in [-0.25, -0.2) is 4.79 Å². The van der Waals surface area contributed by atoms with Gasteiger partial charge in [0.25, 0.3) is 0 Å². The lowest BCUT2D eigenvalue weighted by atomic mass is 9.80. The van der Waals surface area contributed by atoms with E-state index in [-0.39, 0.29) is 34.4 Å². The lowest BCUT2D eigenvalue weighted by molar-refractivity contribution is -0.125. The van der Waals surface area contributed by atoms with Crippen molar-refractivity contribution in [2.45, 2.75) is 19.0 Å². The van der Waals surface area contributed by atoms with Gasteiger partial charge in [0.05, 0.1) is 29.4 Å². The zero-order valence-electron chi connectivity index (χ0n) is 14.2. The molecule has 4 N–H and O–H groups in total. The van der Waals surface area contributed by atoms with Gasteiger partial charge in [-0.05, 0) is 14.0 Å². The number of ketones is 3. The molecule has 0 spiro atoms. The average molecular weight is 348 g/mol. The molecule has 9 nitrogen and oxygen atoms in total. The van der Waals surface area contributed by atoms with Gasteiger partial charge in [-0.2, -0.15) is 0 Å². The van der Waals surface area contributed by atoms with Crippen LogP contribution < -0.4 is 11.5 Å². The van der Waals surface area contributed by atoms with Gasteiger partial charge >= 0.3 is 6.09 Å². The number of primary amides is 1. The first-order valence-corrected chi connectivity index (χ1v) is 7.85. The second-order valence-corrected chi connectivity index (χ2v) is 6.60. The highest BCUT2D eigenvalue weighted by Crippen LogP contribution is 2.39. The van der Waals surface area contributed by atoms with Crippen LogP contribution in [-0.4, -0.2) is 72.6 Å². The number of nitrogens with two attached hydrogens (primary N) is 2. The Morgan fingerprint density at radius 3 is 2.48 bits per heavy atom. The van der Waals surface area contributed by atoms with Gasteiger partial charge in [-0.3, -0.25) is 19.3 Å². The molecule has 3 aliphatic rings. The molecule has 1 aliphatic carbocycles. The van der Waals surface area contributed by atoms with Crippen molar-refractivity contribution < 1.29 is 23.9 Å². The monoisotopic (exact) mass is 348 g/mol. The third-order valence-corrected chi connectivity index (χ3v) is 5.16. The van der Waals surface area contributed by atoms with Crippen LogP contribution >= 0.6 is 0 Å². The van der Waals surface area contributed by atoms with Crippen molar-refractivity contribution in [3.05, 3.63) is 22.5 Å². The van der Waals surface area contributed by atoms with Crippen molar-refractivity contribution in [3.63, 3.8) is 0 Å². The lowest BCUT2D eigenvalue weighted by Gasteiger charge is -2.32. The third-order valence-electron chi connectivity index (χ3n) is 5.16. The minimum Gasteiger partial charge on any atom is -0.449 e. The summed E-state index contributed by atoms with van der Waals surface area (Å²) in [5, 5.41) is 0. The molecular formula is C16H20N4O5. The molecule has 0 saturated carbocycles. The molecule has 25 heavy (non-hydrogen) atoms. The number of ether oxygens (including phenoxy) is 1. The summed E-state index contributed by atoms with van der Waals surface area (Å²) in [4.78, 5) is 53.0. The summed E-state index contributed by atoms with van der Waals surface area (Å²) in [6.07, 6.45) is -1.06. The molecule has 0 bridgehead atoms. The minimum absolute atomic E-state index is 0.0133. The van der Waals surface area contributed by atoms with Crippen molar-refractivity contribution >= 4 is 23.4 Å². The summed E-state index contributed by atoms with van der Waals surface area (Å²) in [6.45, 7) is 1.51. The van der Waals surface area contributed by atoms with Crippen molar-refractivity contribution in [2.75, 3.05) is 27.2 Å². The number of hydrogen-bond donors (Lipinski definition) is 2. The van der Waals surface area contributed by atoms with Crippen LogP contribution in [0.15, 0.2) is 22.5 Å². The molecule has 1 amide bonds. The Morgan fingerprint density at radius 1 is 1.24 bits per heavy atom. The maximum Gasteiger partial charge on any atom is 0.404 e. The smallest absolute Gasteiger partial charge is 0.404 e. The number of Topliss-reactive ketones (excluding diaryl/α,β-unsaturated/α-hetero) is 3. The first kappa shape index (κ1) is 17.2. The minimum atomic E-state index is -1.08. The van der Waals surface area contributed by atoms with E-state index in [1.54, 1.807) is 19.0 Å². The van der Waals surface area contributed by atoms with Crippen molar-refractivity contribution in [3.8, 4) is 0 Å². The van der Waals surface area contributed by atoms with Gasteiger partial charge in [-0.1, -0.05) is 0 Å². The van der Waals surface area contributed by atoms with E-state index in [2.05, 4.69) is 0 Å². The summed E-state index contributed by atoms with van der Waals surface area (Å²) in [6, 6.07) is -0.455. The van der Waals surface area contributed by atoms with Gasteiger partial charge in [-0.15, -0.1) is 0 Å². The largest absolute Gasteiger partial charge is 0.449 e. The fourth-order valence-electron chi connectivity index (χ4n) is 3.62. The molecule has 1 saturated heterocycles. The number of rotatable bonds is 2. The normalized spacial score (nSPS) is 32.1. The van der Waals surface area contributed by atoms with E-state index in [0.29, 0.717) is 6.54 Å². The number of fused-ring (bicyclic) bond motifs is 1. The molecule has 1 fully saturated rings. The Labute approximate surface area is 144 Å². The van der Waals surface area contributed by atoms with Crippen LogP contribution in [0, 0.1) is 5.92 Å². The Balaban J connectivity index is 2.13. The van der Waals surface area contributed by atoms with Crippen LogP contribution in [0.1, 0.15) is 6.92 Å². The fourth-order valence-corrected chi connectivity index (χ4v) is 3.62. The maximum atomic E-state index is 12.9. The molecule has 9 heteroatoms. The summed E-state index contributed by atoms with van der Waals surface area (Å²) >= 11 is 0. The summed E-state index contributed by atoms with van der Waals surface area (Å²) in [7, 11) is 3.49. The van der Waals surface area contributed by atoms with E-state index in [9.17, 15) is 19.2 Å². The van der Waals surface area contributed by atoms with E-state index < -0.39 is 36.2 Å². The second-order valence-electron chi connectivity index (χ2n) is 6.60. The van der Waals surface area contributed by atoms with E-state index in [1.165, 1.54) is 6.92 Å². The van der Waals surface area contributed by atoms with E-state index in [1.807, 2.05) is 4.90 Å². The topological polar surface area (TPSA) is 136 Å². The zero-order chi connectivity index (χ0) is 18.6. The molecule has 134 valence electrons. The van der Waals surface area contributed by atoms with Crippen molar-refractivity contribution in [1.82, 2.24) is 9.80 Å². The molecule has 0 radical (unpaired) electrons. The molecule has 0 aromatic rings. The first-order chi connectivity index (χ1) is 11.7. The van der Waals surface area contributed by atoms with E-state index >= 15 is 0 Å². The quantitative estimate of drug-likeness (QED) is 0.456. The lowest BCUT2D eigenvalue weighted by Crippen LogP contribution is -2.44. The Hall–Kier alpha value is -2.68. The van der Waals surface area contributed by atoms with Gasteiger partial charge in [0.2, 0.25) is 11.6 Å². The van der Waals surface area contributed by atoms with Gasteiger partial charge in [0.1, 0.15) is 6.61 Å². The maximum absolute atomic E-state index is 12.9. The van der Waals surface area contributed by atoms with E-state index in [0.717, 1.165) is 0 Å². The Kier molecular flexibility index (Phi) is 3.91. The Bertz CT molecular complexity index is 768. The van der Waals surface area contributed by atoms with Gasteiger partial charge in [0.15, 0.2) is 5.78 Å². The molecule has 0 aromatic heterocycles. The zero-order valence-corrected chi connectivity index (χ0v) is 14.2. The highest BCUT2D eigenvalue weighted by atomic mass is 16.5. The van der Waals surface area contributed by atoms with Crippen LogP contribution in [0.2, 0.25) is 0 Å². The van der Waals surface area contributed by atoms with Crippen LogP contribution in [0.4, 0.5) is 4.79 Å². The number of carbonyl (C=O) groups is 4. The Morgan fingerprint density at radius 2 is 1.88 bits per heavy atom. The predicted molar refractivity (Wildman–Crippen MR) is 85.9 cm³/mol. The average Bonchev–Trinajstić information content (AvgIpc) is 3.17. The predicted octanol–water partition coefficient (Wildman–Crippen LogP) is -1.47. The molecule has 3 rings (SSSR count). The number of carbonyl (C=O) groups excluding carboxylic acids is 4. The second kappa shape index (κ2) is 5.69. The van der Waals surface area contributed by atoms with Crippen LogP contribution in [0.25, 0.3) is 0 Å². The number of likely N-dealkylation sites (N-methyl/N-ethyl adjacent to an activating group) is 2. The standard InChI is InChI=1S/C16H20N4O5/c1-6-10(17)15(23)9-7(5-25-16(18)24)14(22)11-8(20(11)3)4-19(2)12(9)13(6)21/h7-8,11H,4-5,17H2,1-3H3,(H2,18,24). The van der Waals surface area contributed by atoms with E-state index in [4.69, 9.17) is 16.2 Å². The third kappa shape index (κ3) is 2.51. The summed E-state index contributed by atoms with van der Waals surface area (Å²) < 4.78 is 4.81. The SMILES string of the molecule is CC1=C(N)C(=O)C2=C(C1=O)N(C)CC1C(C(=O)C2COC(N)=O)N1C. The fraction of sp³-hybridized carbons (Fsp3) is 0.500.